The molecule has 2 aromatic heterocycles. The fourth-order valence-electron chi connectivity index (χ4n) is 7.01. The summed E-state index contributed by atoms with van der Waals surface area (Å²) in [7, 11) is 0. The van der Waals surface area contributed by atoms with Gasteiger partial charge >= 0.3 is 0 Å². The summed E-state index contributed by atoms with van der Waals surface area (Å²) in [6, 6.07) is 26.6. The smallest absolute Gasteiger partial charge is 0.228 e. The van der Waals surface area contributed by atoms with Gasteiger partial charge in [-0.3, -0.25) is 9.20 Å². The Balaban J connectivity index is 1.32. The summed E-state index contributed by atoms with van der Waals surface area (Å²) in [5, 5.41) is 14.5. The van der Waals surface area contributed by atoms with Crippen LogP contribution in [0, 0.1) is 19.8 Å². The van der Waals surface area contributed by atoms with Crippen LogP contribution in [0.1, 0.15) is 83.8 Å². The normalized spacial score (nSPS) is 15.3. The first-order valence-corrected chi connectivity index (χ1v) is 15.4. The summed E-state index contributed by atoms with van der Waals surface area (Å²) in [5.41, 5.74) is 10.3. The highest BCUT2D eigenvalue weighted by Crippen LogP contribution is 2.38. The summed E-state index contributed by atoms with van der Waals surface area (Å²) < 4.78 is 2.32. The average Bonchev–Trinajstić information content (AvgIpc) is 3.66. The number of aliphatic hydroxyl groups excluding tert-OH is 1. The lowest BCUT2D eigenvalue weighted by molar-refractivity contribution is -0.124. The Hall–Kier alpha value is -3.96. The van der Waals surface area contributed by atoms with Gasteiger partial charge in [0.25, 0.3) is 0 Å². The van der Waals surface area contributed by atoms with Crippen LogP contribution in [0.25, 0.3) is 16.6 Å². The van der Waals surface area contributed by atoms with Gasteiger partial charge in [0.1, 0.15) is 5.65 Å². The molecular weight excluding hydrogens is 518 g/mol. The number of fused-ring (bicyclic) bond motifs is 3. The van der Waals surface area contributed by atoms with E-state index in [4.69, 9.17) is 4.98 Å². The van der Waals surface area contributed by atoms with Gasteiger partial charge in [0.05, 0.1) is 24.1 Å². The number of rotatable bonds is 9. The van der Waals surface area contributed by atoms with Gasteiger partial charge < -0.3 is 10.4 Å². The van der Waals surface area contributed by atoms with Crippen molar-refractivity contribution < 1.29 is 9.90 Å². The van der Waals surface area contributed by atoms with Crippen LogP contribution < -0.4 is 5.32 Å². The fourth-order valence-corrected chi connectivity index (χ4v) is 7.01. The second kappa shape index (κ2) is 12.1. The molecule has 5 aromatic rings. The lowest BCUT2D eigenvalue weighted by Gasteiger charge is -2.26. The maximum Gasteiger partial charge on any atom is 0.228 e. The number of aryl methyl sites for hydroxylation is 2. The molecule has 0 spiro atoms. The molecule has 1 aliphatic carbocycles. The van der Waals surface area contributed by atoms with Crippen LogP contribution in [0.4, 0.5) is 0 Å². The molecule has 2 atom stereocenters. The maximum atomic E-state index is 13.8. The molecule has 1 aliphatic rings. The molecule has 216 valence electrons. The van der Waals surface area contributed by atoms with Crippen molar-refractivity contribution in [2.75, 3.05) is 6.61 Å². The van der Waals surface area contributed by atoms with Crippen molar-refractivity contribution in [3.63, 3.8) is 0 Å². The van der Waals surface area contributed by atoms with E-state index in [2.05, 4.69) is 79.0 Å². The molecule has 1 fully saturated rings. The van der Waals surface area contributed by atoms with Crippen molar-refractivity contribution in [1.29, 1.82) is 0 Å². The van der Waals surface area contributed by atoms with Gasteiger partial charge in [-0.2, -0.15) is 0 Å². The van der Waals surface area contributed by atoms with Crippen LogP contribution in [-0.4, -0.2) is 27.0 Å². The second-order valence-corrected chi connectivity index (χ2v) is 11.9. The highest BCUT2D eigenvalue weighted by atomic mass is 16.3. The predicted molar refractivity (Wildman–Crippen MR) is 170 cm³/mol. The standard InChI is InChI=1S/C37H41N3O2/c1-4-32-24(2)25(3)40-34-17-11-10-16-30(34)31(36(40)38-32)22-26-18-20-29(21-19-26)35(28-14-8-9-15-28)37(42)39-33(23-41)27-12-6-5-7-13-27/h5-7,10-13,16-21,28,33,35,41H,4,8-9,14-15,22-23H2,1-3H3,(H,39,42)/t33-,35-/m0/s1. The van der Waals surface area contributed by atoms with Crippen molar-refractivity contribution in [2.45, 2.75) is 71.3 Å². The van der Waals surface area contributed by atoms with Crippen LogP contribution >= 0.6 is 0 Å². The number of para-hydroxylation sites is 1. The molecule has 0 unspecified atom stereocenters. The number of carbonyl (C=O) groups is 1. The first-order chi connectivity index (χ1) is 20.5. The van der Waals surface area contributed by atoms with E-state index in [0.717, 1.165) is 61.0 Å². The predicted octanol–water partition coefficient (Wildman–Crippen LogP) is 7.38. The third-order valence-corrected chi connectivity index (χ3v) is 9.41. The molecule has 42 heavy (non-hydrogen) atoms. The van der Waals surface area contributed by atoms with E-state index in [1.165, 1.54) is 33.3 Å². The molecule has 5 heteroatoms. The van der Waals surface area contributed by atoms with Crippen molar-refractivity contribution in [2.24, 2.45) is 5.92 Å². The quantitative estimate of drug-likeness (QED) is 0.198. The Labute approximate surface area is 248 Å². The minimum Gasteiger partial charge on any atom is -0.394 e. The number of amides is 1. The van der Waals surface area contributed by atoms with Crippen LogP contribution in [0.2, 0.25) is 0 Å². The zero-order valence-corrected chi connectivity index (χ0v) is 24.9. The van der Waals surface area contributed by atoms with E-state index >= 15 is 0 Å². The van der Waals surface area contributed by atoms with Gasteiger partial charge in [0.15, 0.2) is 0 Å². The highest BCUT2D eigenvalue weighted by Gasteiger charge is 2.33. The minimum atomic E-state index is -0.411. The minimum absolute atomic E-state index is 0.00381. The molecule has 1 amide bonds. The molecule has 1 saturated carbocycles. The van der Waals surface area contributed by atoms with Gasteiger partial charge in [0.2, 0.25) is 5.91 Å². The summed E-state index contributed by atoms with van der Waals surface area (Å²) in [6.07, 6.45) is 6.12. The Bertz CT molecular complexity index is 1700. The maximum absolute atomic E-state index is 13.8. The van der Waals surface area contributed by atoms with E-state index < -0.39 is 6.04 Å². The third kappa shape index (κ3) is 5.22. The Morgan fingerprint density at radius 3 is 2.33 bits per heavy atom. The van der Waals surface area contributed by atoms with Crippen molar-refractivity contribution >= 4 is 22.5 Å². The second-order valence-electron chi connectivity index (χ2n) is 11.9. The molecule has 0 aliphatic heterocycles. The lowest BCUT2D eigenvalue weighted by Crippen LogP contribution is -2.37. The van der Waals surface area contributed by atoms with Crippen molar-refractivity contribution in [3.05, 3.63) is 118 Å². The Morgan fingerprint density at radius 2 is 1.64 bits per heavy atom. The number of aromatic nitrogens is 2. The first-order valence-electron chi connectivity index (χ1n) is 15.4. The summed E-state index contributed by atoms with van der Waals surface area (Å²) >= 11 is 0. The number of nitrogens with zero attached hydrogens (tertiary/aromatic N) is 2. The molecule has 2 heterocycles. The molecule has 0 radical (unpaired) electrons. The number of benzene rings is 3. The van der Waals surface area contributed by atoms with Gasteiger partial charge in [-0.15, -0.1) is 0 Å². The topological polar surface area (TPSA) is 66.6 Å². The average molecular weight is 560 g/mol. The fraction of sp³-hybridized carbons (Fsp3) is 0.351. The molecular formula is C37H41N3O2. The SMILES string of the molecule is CCc1nc2c(Cc3ccc([C@@H](C(=O)N[C@@H](CO)c4ccccc4)C4CCCC4)cc3)c3ccccc3n2c(C)c1C. The van der Waals surface area contributed by atoms with Crippen LogP contribution in [0.5, 0.6) is 0 Å². The van der Waals surface area contributed by atoms with Crippen molar-refractivity contribution in [1.82, 2.24) is 14.7 Å². The van der Waals surface area contributed by atoms with Crippen LogP contribution in [-0.2, 0) is 17.6 Å². The largest absolute Gasteiger partial charge is 0.394 e. The van der Waals surface area contributed by atoms with Gasteiger partial charge in [0, 0.05) is 28.8 Å². The summed E-state index contributed by atoms with van der Waals surface area (Å²) in [6.45, 7) is 6.42. The first kappa shape index (κ1) is 28.2. The molecule has 5 nitrogen and oxygen atoms in total. The Morgan fingerprint density at radius 1 is 0.952 bits per heavy atom. The number of aliphatic hydroxyl groups is 1. The number of hydrogen-bond acceptors (Lipinski definition) is 3. The van der Waals surface area contributed by atoms with E-state index in [0.29, 0.717) is 5.92 Å². The zero-order chi connectivity index (χ0) is 29.2. The van der Waals surface area contributed by atoms with Crippen molar-refractivity contribution in [3.8, 4) is 0 Å². The van der Waals surface area contributed by atoms with E-state index in [1.807, 2.05) is 30.3 Å². The molecule has 0 saturated heterocycles. The lowest BCUT2D eigenvalue weighted by atomic mass is 9.83. The molecule has 2 N–H and O–H groups in total. The van der Waals surface area contributed by atoms with Crippen LogP contribution in [0.15, 0.2) is 78.9 Å². The van der Waals surface area contributed by atoms with E-state index in [-0.39, 0.29) is 18.4 Å². The number of carbonyl (C=O) groups excluding carboxylic acids is 1. The Kier molecular flexibility index (Phi) is 8.12. The molecule has 6 rings (SSSR count). The third-order valence-electron chi connectivity index (χ3n) is 9.41. The highest BCUT2D eigenvalue weighted by molar-refractivity contribution is 5.92. The zero-order valence-electron chi connectivity index (χ0n) is 24.9. The van der Waals surface area contributed by atoms with Gasteiger partial charge in [-0.1, -0.05) is 92.6 Å². The van der Waals surface area contributed by atoms with Gasteiger partial charge in [-0.05, 0) is 67.3 Å². The monoisotopic (exact) mass is 559 g/mol. The van der Waals surface area contributed by atoms with Gasteiger partial charge in [-0.25, -0.2) is 4.98 Å². The van der Waals surface area contributed by atoms with Crippen LogP contribution in [0.3, 0.4) is 0 Å². The summed E-state index contributed by atoms with van der Waals surface area (Å²) in [4.78, 5) is 19.0. The molecule has 0 bridgehead atoms. The van der Waals surface area contributed by atoms with E-state index in [9.17, 15) is 9.90 Å². The molecule has 3 aromatic carbocycles. The summed E-state index contributed by atoms with van der Waals surface area (Å²) in [5.74, 6) is 0.0900. The van der Waals surface area contributed by atoms with E-state index in [1.54, 1.807) is 0 Å². The number of hydrogen-bond donors (Lipinski definition) is 2. The number of nitrogens with one attached hydrogen (secondary N) is 1.